The van der Waals surface area contributed by atoms with Crippen molar-refractivity contribution in [2.75, 3.05) is 19.3 Å². The van der Waals surface area contributed by atoms with Crippen molar-refractivity contribution in [2.24, 2.45) is 4.99 Å². The zero-order valence-electron chi connectivity index (χ0n) is 13.8. The number of guanidine groups is 1. The normalized spacial score (nSPS) is 21.3. The lowest BCUT2D eigenvalue weighted by atomic mass is 10.1. The Morgan fingerprint density at radius 3 is 2.59 bits per heavy atom. The summed E-state index contributed by atoms with van der Waals surface area (Å²) in [6.45, 7) is 6.35. The smallest absolute Gasteiger partial charge is 0.191 e. The van der Waals surface area contributed by atoms with E-state index in [0.717, 1.165) is 25.5 Å². The van der Waals surface area contributed by atoms with Crippen LogP contribution in [-0.4, -0.2) is 30.1 Å². The summed E-state index contributed by atoms with van der Waals surface area (Å²) in [6.07, 6.45) is 3.69. The van der Waals surface area contributed by atoms with Crippen LogP contribution in [0.2, 0.25) is 0 Å². The van der Waals surface area contributed by atoms with Gasteiger partial charge in [-0.05, 0) is 43.1 Å². The Morgan fingerprint density at radius 2 is 2.00 bits per heavy atom. The molecule has 0 amide bonds. The Bertz CT molecular complexity index is 485. The minimum Gasteiger partial charge on any atom is -0.355 e. The number of halogens is 1. The molecular weight excluding hydrogens is 405 g/mol. The molecule has 0 spiro atoms. The van der Waals surface area contributed by atoms with Gasteiger partial charge in [0.05, 0.1) is 0 Å². The lowest BCUT2D eigenvalue weighted by molar-refractivity contribution is 0.584. The molecule has 0 radical (unpaired) electrons. The van der Waals surface area contributed by atoms with E-state index in [1.54, 1.807) is 0 Å². The molecule has 1 atom stereocenters. The second-order valence-corrected chi connectivity index (χ2v) is 7.49. The molecular formula is C17H28IN3S. The summed E-state index contributed by atoms with van der Waals surface area (Å²) in [4.78, 5) is 4.34. The summed E-state index contributed by atoms with van der Waals surface area (Å²) in [5, 5.41) is 6.91. The number of nitrogens with zero attached hydrogens (tertiary/aromatic N) is 1. The van der Waals surface area contributed by atoms with Gasteiger partial charge in [-0.3, -0.25) is 4.99 Å². The molecule has 5 heteroatoms. The van der Waals surface area contributed by atoms with Crippen molar-refractivity contribution in [3.8, 4) is 0 Å². The number of thioether (sulfide) groups is 1. The van der Waals surface area contributed by atoms with Gasteiger partial charge in [-0.2, -0.15) is 11.8 Å². The van der Waals surface area contributed by atoms with Crippen molar-refractivity contribution >= 4 is 41.7 Å². The highest BCUT2D eigenvalue weighted by Gasteiger charge is 2.29. The minimum atomic E-state index is 0. The zero-order valence-corrected chi connectivity index (χ0v) is 17.0. The highest BCUT2D eigenvalue weighted by Crippen LogP contribution is 2.36. The molecule has 1 heterocycles. The van der Waals surface area contributed by atoms with Gasteiger partial charge in [-0.1, -0.05) is 31.2 Å². The number of benzene rings is 1. The van der Waals surface area contributed by atoms with E-state index in [-0.39, 0.29) is 24.0 Å². The number of hydrogen-bond acceptors (Lipinski definition) is 2. The van der Waals surface area contributed by atoms with Crippen LogP contribution in [0.5, 0.6) is 0 Å². The molecule has 1 aromatic rings. The molecule has 1 fully saturated rings. The van der Waals surface area contributed by atoms with E-state index in [9.17, 15) is 0 Å². The van der Waals surface area contributed by atoms with E-state index in [1.807, 2.05) is 7.05 Å². The Balaban J connectivity index is 0.00000242. The van der Waals surface area contributed by atoms with Gasteiger partial charge < -0.3 is 10.6 Å². The summed E-state index contributed by atoms with van der Waals surface area (Å²) in [6, 6.07) is 8.59. The maximum Gasteiger partial charge on any atom is 0.191 e. The Morgan fingerprint density at radius 1 is 1.27 bits per heavy atom. The number of rotatable bonds is 5. The maximum atomic E-state index is 4.34. The van der Waals surface area contributed by atoms with Gasteiger partial charge in [-0.15, -0.1) is 24.0 Å². The largest absolute Gasteiger partial charge is 0.355 e. The fourth-order valence-electron chi connectivity index (χ4n) is 2.72. The van der Waals surface area contributed by atoms with Crippen molar-refractivity contribution in [2.45, 2.75) is 44.4 Å². The predicted molar refractivity (Wildman–Crippen MR) is 110 cm³/mol. The van der Waals surface area contributed by atoms with Gasteiger partial charge >= 0.3 is 0 Å². The van der Waals surface area contributed by atoms with Gasteiger partial charge in [-0.25, -0.2) is 0 Å². The van der Waals surface area contributed by atoms with Crippen LogP contribution in [0, 0.1) is 0 Å². The van der Waals surface area contributed by atoms with Gasteiger partial charge in [0.1, 0.15) is 0 Å². The Kier molecular flexibility index (Phi) is 8.61. The third kappa shape index (κ3) is 5.65. The molecule has 124 valence electrons. The first-order valence-corrected chi connectivity index (χ1v) is 8.80. The summed E-state index contributed by atoms with van der Waals surface area (Å²) in [5.41, 5.74) is 2.75. The van der Waals surface area contributed by atoms with Crippen LogP contribution < -0.4 is 10.6 Å². The number of aryl methyl sites for hydroxylation is 1. The van der Waals surface area contributed by atoms with Gasteiger partial charge in [0.2, 0.25) is 0 Å². The Labute approximate surface area is 156 Å². The van der Waals surface area contributed by atoms with Crippen LogP contribution >= 0.6 is 35.7 Å². The van der Waals surface area contributed by atoms with Crippen LogP contribution in [0.3, 0.4) is 0 Å². The molecule has 1 aromatic carbocycles. The van der Waals surface area contributed by atoms with Gasteiger partial charge in [0.15, 0.2) is 5.96 Å². The first-order valence-electron chi connectivity index (χ1n) is 7.82. The molecule has 0 aromatic heterocycles. The quantitative estimate of drug-likeness (QED) is 0.421. The standard InChI is InChI=1S/C17H27N3S.HI/c1-4-14-8-5-6-9-15(14)12-19-16(18-3)20-13-17(2)10-7-11-21-17;/h5-6,8-9H,4,7,10-13H2,1-3H3,(H2,18,19,20);1H. The van der Waals surface area contributed by atoms with E-state index in [1.165, 1.54) is 29.7 Å². The molecule has 1 aliphatic rings. The number of hydrogen-bond donors (Lipinski definition) is 2. The molecule has 1 unspecified atom stereocenters. The molecule has 0 aliphatic carbocycles. The lowest BCUT2D eigenvalue weighted by Gasteiger charge is -2.24. The third-order valence-electron chi connectivity index (χ3n) is 4.10. The number of nitrogens with one attached hydrogen (secondary N) is 2. The summed E-state index contributed by atoms with van der Waals surface area (Å²) in [5.74, 6) is 2.18. The third-order valence-corrected chi connectivity index (χ3v) is 5.64. The molecule has 22 heavy (non-hydrogen) atoms. The lowest BCUT2D eigenvalue weighted by Crippen LogP contribution is -2.43. The summed E-state index contributed by atoms with van der Waals surface area (Å²) < 4.78 is 0.360. The van der Waals surface area contributed by atoms with Crippen molar-refractivity contribution in [1.82, 2.24) is 10.6 Å². The van der Waals surface area contributed by atoms with E-state index in [2.05, 4.69) is 65.5 Å². The first-order chi connectivity index (χ1) is 10.2. The van der Waals surface area contributed by atoms with E-state index >= 15 is 0 Å². The summed E-state index contributed by atoms with van der Waals surface area (Å²) >= 11 is 2.07. The summed E-state index contributed by atoms with van der Waals surface area (Å²) in [7, 11) is 1.84. The fraction of sp³-hybridized carbons (Fsp3) is 0.588. The van der Waals surface area contributed by atoms with Gasteiger partial charge in [0, 0.05) is 24.9 Å². The number of aliphatic imine (C=N–C) groups is 1. The molecule has 2 N–H and O–H groups in total. The monoisotopic (exact) mass is 433 g/mol. The van der Waals surface area contributed by atoms with Crippen LogP contribution in [0.25, 0.3) is 0 Å². The van der Waals surface area contributed by atoms with Crippen LogP contribution in [-0.2, 0) is 13.0 Å². The van der Waals surface area contributed by atoms with E-state index in [4.69, 9.17) is 0 Å². The van der Waals surface area contributed by atoms with E-state index < -0.39 is 0 Å². The van der Waals surface area contributed by atoms with Crippen molar-refractivity contribution in [3.05, 3.63) is 35.4 Å². The van der Waals surface area contributed by atoms with Crippen LogP contribution in [0.1, 0.15) is 37.8 Å². The Hall–Kier alpha value is -0.430. The SMILES string of the molecule is CCc1ccccc1CNC(=NC)NCC1(C)CCCS1.I. The second kappa shape index (κ2) is 9.65. The highest BCUT2D eigenvalue weighted by molar-refractivity contribution is 14.0. The maximum absolute atomic E-state index is 4.34. The highest BCUT2D eigenvalue weighted by atomic mass is 127. The molecule has 0 saturated carbocycles. The average molecular weight is 433 g/mol. The molecule has 3 nitrogen and oxygen atoms in total. The molecule has 2 rings (SSSR count). The van der Waals surface area contributed by atoms with Crippen molar-refractivity contribution in [1.29, 1.82) is 0 Å². The molecule has 1 aliphatic heterocycles. The van der Waals surface area contributed by atoms with Gasteiger partial charge in [0.25, 0.3) is 0 Å². The fourth-order valence-corrected chi connectivity index (χ4v) is 3.97. The van der Waals surface area contributed by atoms with E-state index in [0.29, 0.717) is 4.75 Å². The molecule has 1 saturated heterocycles. The second-order valence-electron chi connectivity index (χ2n) is 5.80. The predicted octanol–water partition coefficient (Wildman–Crippen LogP) is 3.82. The van der Waals surface area contributed by atoms with Crippen molar-refractivity contribution < 1.29 is 0 Å². The minimum absolute atomic E-state index is 0. The average Bonchev–Trinajstić information content (AvgIpc) is 2.95. The van der Waals surface area contributed by atoms with Crippen LogP contribution in [0.15, 0.2) is 29.3 Å². The molecule has 0 bridgehead atoms. The zero-order chi connectivity index (χ0) is 15.1. The first kappa shape index (κ1) is 19.6. The topological polar surface area (TPSA) is 36.4 Å². The van der Waals surface area contributed by atoms with Crippen LogP contribution in [0.4, 0.5) is 0 Å². The van der Waals surface area contributed by atoms with Crippen molar-refractivity contribution in [3.63, 3.8) is 0 Å².